The molecule has 2 aromatic rings. The quantitative estimate of drug-likeness (QED) is 0.817. The molecule has 0 atom stereocenters. The number of hydrogen-bond donors (Lipinski definition) is 1. The summed E-state index contributed by atoms with van der Waals surface area (Å²) < 4.78 is 0. The van der Waals surface area contributed by atoms with Crippen molar-refractivity contribution in [3.8, 4) is 12.3 Å². The molecule has 28 heavy (non-hydrogen) atoms. The Balaban J connectivity index is 1.59. The standard InChI is InChI=1S/C22H19N3O3/c1-4-16-8-7-9-17(12-16)23-20(26)13-24(3)21(27)14-25-15(2)18-10-5-6-11-19(18)22(25)28/h1,5-12H,2,13-14H2,3H3,(H,23,26). The number of benzene rings is 2. The van der Waals surface area contributed by atoms with Gasteiger partial charge >= 0.3 is 0 Å². The lowest BCUT2D eigenvalue weighted by Gasteiger charge is -2.22. The van der Waals surface area contributed by atoms with Crippen LogP contribution in [0.25, 0.3) is 5.70 Å². The Bertz CT molecular complexity index is 985. The predicted molar refractivity (Wildman–Crippen MR) is 107 cm³/mol. The first-order valence-electron chi connectivity index (χ1n) is 8.61. The van der Waals surface area contributed by atoms with Crippen LogP contribution in [0.1, 0.15) is 21.5 Å². The molecule has 0 fully saturated rings. The molecule has 0 saturated carbocycles. The smallest absolute Gasteiger partial charge is 0.259 e. The minimum Gasteiger partial charge on any atom is -0.335 e. The summed E-state index contributed by atoms with van der Waals surface area (Å²) in [5, 5.41) is 2.70. The first-order chi connectivity index (χ1) is 13.4. The highest BCUT2D eigenvalue weighted by Gasteiger charge is 2.32. The fourth-order valence-electron chi connectivity index (χ4n) is 2.95. The van der Waals surface area contributed by atoms with Gasteiger partial charge in [0, 0.05) is 35.1 Å². The molecule has 1 N–H and O–H groups in total. The minimum atomic E-state index is -0.366. The first-order valence-corrected chi connectivity index (χ1v) is 8.61. The van der Waals surface area contributed by atoms with Crippen LogP contribution in [0, 0.1) is 12.3 Å². The number of amides is 3. The van der Waals surface area contributed by atoms with Gasteiger partial charge in [-0.25, -0.2) is 0 Å². The Morgan fingerprint density at radius 2 is 1.89 bits per heavy atom. The van der Waals surface area contributed by atoms with Gasteiger partial charge in [0.2, 0.25) is 11.8 Å². The van der Waals surface area contributed by atoms with E-state index in [-0.39, 0.29) is 30.8 Å². The van der Waals surface area contributed by atoms with Crippen molar-refractivity contribution in [2.75, 3.05) is 25.5 Å². The maximum Gasteiger partial charge on any atom is 0.259 e. The molecule has 0 aliphatic carbocycles. The number of fused-ring (bicyclic) bond motifs is 1. The molecule has 0 unspecified atom stereocenters. The predicted octanol–water partition coefficient (Wildman–Crippen LogP) is 2.19. The number of anilines is 1. The second-order valence-electron chi connectivity index (χ2n) is 6.41. The SMILES string of the molecule is C#Cc1cccc(NC(=O)CN(C)C(=O)CN2C(=C)c3ccccc3C2=O)c1. The van der Waals surface area contributed by atoms with Crippen molar-refractivity contribution in [3.05, 3.63) is 71.8 Å². The van der Waals surface area contributed by atoms with E-state index in [9.17, 15) is 14.4 Å². The number of hydrogen-bond acceptors (Lipinski definition) is 3. The lowest BCUT2D eigenvalue weighted by Crippen LogP contribution is -2.41. The van der Waals surface area contributed by atoms with Crippen molar-refractivity contribution in [2.45, 2.75) is 0 Å². The summed E-state index contributed by atoms with van der Waals surface area (Å²) in [5.74, 6) is 1.50. The molecule has 6 heteroatoms. The number of nitrogens with one attached hydrogen (secondary N) is 1. The van der Waals surface area contributed by atoms with Crippen LogP contribution in [0.5, 0.6) is 0 Å². The van der Waals surface area contributed by atoms with Crippen LogP contribution in [0.15, 0.2) is 55.1 Å². The van der Waals surface area contributed by atoms with E-state index in [1.165, 1.54) is 16.8 Å². The molecule has 3 rings (SSSR count). The van der Waals surface area contributed by atoms with Crippen LogP contribution in [0.4, 0.5) is 5.69 Å². The molecule has 0 bridgehead atoms. The van der Waals surface area contributed by atoms with Crippen LogP contribution in [-0.2, 0) is 9.59 Å². The molecular formula is C22H19N3O3. The fraction of sp³-hybridized carbons (Fsp3) is 0.136. The Morgan fingerprint density at radius 1 is 1.18 bits per heavy atom. The summed E-state index contributed by atoms with van der Waals surface area (Å²) in [5.41, 5.74) is 2.92. The van der Waals surface area contributed by atoms with Crippen LogP contribution in [0.2, 0.25) is 0 Å². The highest BCUT2D eigenvalue weighted by Crippen LogP contribution is 2.30. The first kappa shape index (κ1) is 18.9. The van der Waals surface area contributed by atoms with Gasteiger partial charge in [0.1, 0.15) is 6.54 Å². The molecule has 0 spiro atoms. The van der Waals surface area contributed by atoms with Crippen molar-refractivity contribution in [3.63, 3.8) is 0 Å². The van der Waals surface area contributed by atoms with Gasteiger partial charge in [0.15, 0.2) is 0 Å². The average Bonchev–Trinajstić information content (AvgIpc) is 2.93. The second kappa shape index (κ2) is 7.80. The topological polar surface area (TPSA) is 69.7 Å². The zero-order chi connectivity index (χ0) is 20.3. The van der Waals surface area contributed by atoms with E-state index in [1.807, 2.05) is 6.07 Å². The Labute approximate surface area is 163 Å². The minimum absolute atomic E-state index is 0.152. The van der Waals surface area contributed by atoms with Crippen LogP contribution in [-0.4, -0.2) is 47.7 Å². The van der Waals surface area contributed by atoms with Crippen molar-refractivity contribution >= 4 is 29.1 Å². The third-order valence-electron chi connectivity index (χ3n) is 4.45. The average molecular weight is 373 g/mol. The van der Waals surface area contributed by atoms with E-state index in [0.717, 1.165) is 0 Å². The van der Waals surface area contributed by atoms with E-state index in [1.54, 1.807) is 42.5 Å². The third kappa shape index (κ3) is 3.79. The van der Waals surface area contributed by atoms with Gasteiger partial charge in [-0.3, -0.25) is 19.3 Å². The Morgan fingerprint density at radius 3 is 2.57 bits per heavy atom. The number of rotatable bonds is 5. The van der Waals surface area contributed by atoms with Crippen molar-refractivity contribution in [1.82, 2.24) is 9.80 Å². The zero-order valence-electron chi connectivity index (χ0n) is 15.4. The van der Waals surface area contributed by atoms with Gasteiger partial charge in [-0.05, 0) is 24.3 Å². The molecule has 2 aromatic carbocycles. The second-order valence-corrected chi connectivity index (χ2v) is 6.41. The lowest BCUT2D eigenvalue weighted by atomic mass is 10.1. The molecule has 0 aromatic heterocycles. The summed E-state index contributed by atoms with van der Waals surface area (Å²) in [6.45, 7) is 3.58. The van der Waals surface area contributed by atoms with Crippen molar-refractivity contribution < 1.29 is 14.4 Å². The monoisotopic (exact) mass is 373 g/mol. The van der Waals surface area contributed by atoms with Gasteiger partial charge in [0.05, 0.1) is 6.54 Å². The molecule has 1 aliphatic rings. The molecule has 0 saturated heterocycles. The third-order valence-corrected chi connectivity index (χ3v) is 4.45. The number of likely N-dealkylation sites (N-methyl/N-ethyl adjacent to an activating group) is 1. The highest BCUT2D eigenvalue weighted by atomic mass is 16.2. The number of nitrogens with zero attached hydrogens (tertiary/aromatic N) is 2. The van der Waals surface area contributed by atoms with Crippen LogP contribution in [0.3, 0.4) is 0 Å². The van der Waals surface area contributed by atoms with Gasteiger partial charge < -0.3 is 10.2 Å². The molecule has 140 valence electrons. The van der Waals surface area contributed by atoms with Gasteiger partial charge in [0.25, 0.3) is 5.91 Å². The molecule has 0 radical (unpaired) electrons. The van der Waals surface area contributed by atoms with E-state index in [2.05, 4.69) is 17.8 Å². The molecule has 6 nitrogen and oxygen atoms in total. The van der Waals surface area contributed by atoms with Gasteiger partial charge in [-0.15, -0.1) is 6.42 Å². The number of carbonyl (C=O) groups excluding carboxylic acids is 3. The van der Waals surface area contributed by atoms with Gasteiger partial charge in [-0.2, -0.15) is 0 Å². The van der Waals surface area contributed by atoms with E-state index >= 15 is 0 Å². The molecule has 1 aliphatic heterocycles. The number of carbonyl (C=O) groups is 3. The Kier molecular flexibility index (Phi) is 5.28. The van der Waals surface area contributed by atoms with E-state index in [4.69, 9.17) is 6.42 Å². The van der Waals surface area contributed by atoms with E-state index in [0.29, 0.717) is 28.1 Å². The van der Waals surface area contributed by atoms with Gasteiger partial charge in [-0.1, -0.05) is 36.8 Å². The molecule has 1 heterocycles. The van der Waals surface area contributed by atoms with E-state index < -0.39 is 0 Å². The maximum absolute atomic E-state index is 12.5. The highest BCUT2D eigenvalue weighted by molar-refractivity contribution is 6.10. The van der Waals surface area contributed by atoms with Crippen molar-refractivity contribution in [1.29, 1.82) is 0 Å². The number of terminal acetylenes is 1. The van der Waals surface area contributed by atoms with Crippen molar-refractivity contribution in [2.24, 2.45) is 0 Å². The summed E-state index contributed by atoms with van der Waals surface area (Å²) in [6, 6.07) is 13.9. The van der Waals surface area contributed by atoms with Crippen LogP contribution >= 0.6 is 0 Å². The fourth-order valence-corrected chi connectivity index (χ4v) is 2.95. The summed E-state index contributed by atoms with van der Waals surface area (Å²) in [4.78, 5) is 39.8. The van der Waals surface area contributed by atoms with Crippen LogP contribution < -0.4 is 5.32 Å². The summed E-state index contributed by atoms with van der Waals surface area (Å²) in [6.07, 6.45) is 5.35. The summed E-state index contributed by atoms with van der Waals surface area (Å²) >= 11 is 0. The summed E-state index contributed by atoms with van der Waals surface area (Å²) in [7, 11) is 1.51. The molecule has 3 amide bonds. The zero-order valence-corrected chi connectivity index (χ0v) is 15.4. The Hall–Kier alpha value is -3.85. The maximum atomic E-state index is 12.5. The largest absolute Gasteiger partial charge is 0.335 e. The lowest BCUT2D eigenvalue weighted by molar-refractivity contribution is -0.133. The molecular weight excluding hydrogens is 354 g/mol. The normalized spacial score (nSPS) is 12.4.